The van der Waals surface area contributed by atoms with Crippen molar-refractivity contribution < 1.29 is 22.7 Å². The average molecular weight is 510 g/mol. The molecule has 1 fully saturated rings. The maximum atomic E-state index is 13.9. The first kappa shape index (κ1) is 23.1. The van der Waals surface area contributed by atoms with Gasteiger partial charge < -0.3 is 4.74 Å². The summed E-state index contributed by atoms with van der Waals surface area (Å²) in [5.41, 5.74) is 0.212. The second-order valence-electron chi connectivity index (χ2n) is 7.21. The van der Waals surface area contributed by atoms with E-state index >= 15 is 0 Å². The van der Waals surface area contributed by atoms with Gasteiger partial charge in [-0.2, -0.15) is 0 Å². The number of carbonyl (C=O) groups is 2. The van der Waals surface area contributed by atoms with Gasteiger partial charge in [-0.1, -0.05) is 23.7 Å². The van der Waals surface area contributed by atoms with Crippen LogP contribution >= 0.6 is 34.3 Å². The van der Waals surface area contributed by atoms with E-state index in [-0.39, 0.29) is 12.2 Å². The first-order chi connectivity index (χ1) is 15.3. The molecule has 2 aromatic heterocycles. The summed E-state index contributed by atoms with van der Waals surface area (Å²) < 4.78 is 33.0. The van der Waals surface area contributed by atoms with Crippen molar-refractivity contribution in [1.82, 2.24) is 5.32 Å². The summed E-state index contributed by atoms with van der Waals surface area (Å²) in [5, 5.41) is 4.35. The molecule has 4 rings (SSSR count). The van der Waals surface area contributed by atoms with Crippen LogP contribution in [0.5, 0.6) is 0 Å². The topological polar surface area (TPSA) is 89.5 Å². The molecule has 6 nitrogen and oxygen atoms in total. The summed E-state index contributed by atoms with van der Waals surface area (Å²) in [6, 6.07) is 11.6. The molecule has 1 aromatic carbocycles. The Kier molecular flexibility index (Phi) is 6.83. The number of thiophene rings is 2. The number of ketones is 1. The molecule has 0 unspecified atom stereocenters. The first-order valence-electron chi connectivity index (χ1n) is 9.86. The minimum Gasteiger partial charge on any atom is -0.465 e. The number of ether oxygens (including phenoxy) is 1. The van der Waals surface area contributed by atoms with Crippen molar-refractivity contribution in [3.8, 4) is 0 Å². The van der Waals surface area contributed by atoms with Crippen LogP contribution in [-0.2, 0) is 19.4 Å². The van der Waals surface area contributed by atoms with Gasteiger partial charge in [0.15, 0.2) is 20.9 Å². The Morgan fingerprint density at radius 2 is 1.53 bits per heavy atom. The van der Waals surface area contributed by atoms with E-state index in [0.29, 0.717) is 14.8 Å². The summed E-state index contributed by atoms with van der Waals surface area (Å²) in [5.74, 6) is -1.46. The summed E-state index contributed by atoms with van der Waals surface area (Å²) in [7, 11) is -4.30. The van der Waals surface area contributed by atoms with Crippen LogP contribution in [0, 0.1) is 0 Å². The van der Waals surface area contributed by atoms with Gasteiger partial charge in [0.05, 0.1) is 18.7 Å². The lowest BCUT2D eigenvalue weighted by Crippen LogP contribution is -2.59. The molecule has 0 aliphatic carbocycles. The van der Waals surface area contributed by atoms with E-state index in [0.717, 1.165) is 0 Å². The Labute approximate surface area is 199 Å². The van der Waals surface area contributed by atoms with E-state index in [1.165, 1.54) is 46.9 Å². The molecule has 1 aliphatic rings. The van der Waals surface area contributed by atoms with Crippen LogP contribution in [0.4, 0.5) is 0 Å². The molecule has 0 spiro atoms. The zero-order valence-electron chi connectivity index (χ0n) is 16.9. The second kappa shape index (κ2) is 9.44. The molecule has 0 saturated carbocycles. The number of benzene rings is 1. The summed E-state index contributed by atoms with van der Waals surface area (Å²) in [4.78, 5) is 27.8. The SMILES string of the molecule is CCOC(=O)[C@H]1[C@H](c2cccs2)N[C@H](c2cccs2)[C@@H](C(=O)c2ccc(Cl)cc2)S1(=O)=O. The fourth-order valence-corrected chi connectivity index (χ4v) is 8.12. The third-order valence-corrected chi connectivity index (χ3v) is 9.81. The van der Waals surface area contributed by atoms with Crippen molar-refractivity contribution in [2.75, 3.05) is 6.61 Å². The second-order valence-corrected chi connectivity index (χ2v) is 11.8. The fourth-order valence-electron chi connectivity index (χ4n) is 3.88. The fraction of sp³-hybridized carbons (Fsp3) is 0.273. The third kappa shape index (κ3) is 4.27. The van der Waals surface area contributed by atoms with Crippen molar-refractivity contribution in [1.29, 1.82) is 0 Å². The number of sulfone groups is 1. The normalized spacial score (nSPS) is 24.7. The Bertz CT molecular complexity index is 1190. The molecular weight excluding hydrogens is 490 g/mol. The maximum Gasteiger partial charge on any atom is 0.326 e. The van der Waals surface area contributed by atoms with E-state index in [1.54, 1.807) is 31.2 Å². The minimum absolute atomic E-state index is 0.0339. The lowest BCUT2D eigenvalue weighted by Gasteiger charge is -2.40. The van der Waals surface area contributed by atoms with Crippen LogP contribution < -0.4 is 5.32 Å². The predicted molar refractivity (Wildman–Crippen MR) is 126 cm³/mol. The van der Waals surface area contributed by atoms with Crippen molar-refractivity contribution in [3.05, 3.63) is 79.6 Å². The molecule has 32 heavy (non-hydrogen) atoms. The summed E-state index contributed by atoms with van der Waals surface area (Å²) in [6.45, 7) is 1.65. The van der Waals surface area contributed by atoms with Crippen LogP contribution in [-0.4, -0.2) is 37.3 Å². The van der Waals surface area contributed by atoms with Gasteiger partial charge >= 0.3 is 5.97 Å². The number of carbonyl (C=O) groups excluding carboxylic acids is 2. The van der Waals surface area contributed by atoms with E-state index in [4.69, 9.17) is 16.3 Å². The number of nitrogens with one attached hydrogen (secondary N) is 1. The quantitative estimate of drug-likeness (QED) is 0.390. The van der Waals surface area contributed by atoms with Gasteiger partial charge in [0.1, 0.15) is 5.25 Å². The van der Waals surface area contributed by atoms with Crippen LogP contribution in [0.3, 0.4) is 0 Å². The molecule has 4 atom stereocenters. The molecule has 1 N–H and O–H groups in total. The highest BCUT2D eigenvalue weighted by atomic mass is 35.5. The van der Waals surface area contributed by atoms with Gasteiger partial charge in [0.2, 0.25) is 0 Å². The number of rotatable bonds is 6. The van der Waals surface area contributed by atoms with E-state index in [9.17, 15) is 18.0 Å². The van der Waals surface area contributed by atoms with E-state index < -0.39 is 44.2 Å². The van der Waals surface area contributed by atoms with E-state index in [2.05, 4.69) is 5.32 Å². The number of hydrogen-bond acceptors (Lipinski definition) is 8. The lowest BCUT2D eigenvalue weighted by atomic mass is 9.99. The molecule has 0 radical (unpaired) electrons. The maximum absolute atomic E-state index is 13.9. The van der Waals surface area contributed by atoms with E-state index in [1.807, 2.05) is 10.8 Å². The van der Waals surface area contributed by atoms with Crippen LogP contribution in [0.1, 0.15) is 39.1 Å². The standard InChI is InChI=1S/C22H20ClNO5S3/c1-2-29-22(26)21-18(16-6-4-12-31-16)24-17(15-5-3-11-30-15)20(32(21,27)28)19(25)13-7-9-14(23)10-8-13/h3-12,17-18,20-21,24H,2H2,1H3/t17-,18+,20+,21-/m1/s1. The Balaban J connectivity index is 1.86. The van der Waals surface area contributed by atoms with Crippen molar-refractivity contribution in [3.63, 3.8) is 0 Å². The van der Waals surface area contributed by atoms with Gasteiger partial charge in [-0.25, -0.2) is 8.42 Å². The third-order valence-electron chi connectivity index (χ3n) is 5.28. The number of esters is 1. The monoisotopic (exact) mass is 509 g/mol. The van der Waals surface area contributed by atoms with Crippen molar-refractivity contribution >= 4 is 55.9 Å². The smallest absolute Gasteiger partial charge is 0.326 e. The predicted octanol–water partition coefficient (Wildman–Crippen LogP) is 4.45. The Morgan fingerprint density at radius 3 is 2.03 bits per heavy atom. The molecule has 10 heteroatoms. The van der Waals surface area contributed by atoms with Crippen LogP contribution in [0.25, 0.3) is 0 Å². The zero-order valence-corrected chi connectivity index (χ0v) is 20.1. The molecule has 3 heterocycles. The Hall–Kier alpha value is -2.04. The minimum atomic E-state index is -4.30. The molecular formula is C22H20ClNO5S3. The van der Waals surface area contributed by atoms with Gasteiger partial charge in [-0.3, -0.25) is 14.9 Å². The zero-order chi connectivity index (χ0) is 22.9. The largest absolute Gasteiger partial charge is 0.465 e. The summed E-state index contributed by atoms with van der Waals surface area (Å²) >= 11 is 8.64. The number of hydrogen-bond donors (Lipinski definition) is 1. The molecule has 3 aromatic rings. The van der Waals surface area contributed by atoms with Crippen LogP contribution in [0.15, 0.2) is 59.3 Å². The van der Waals surface area contributed by atoms with Gasteiger partial charge in [-0.05, 0) is 54.1 Å². The Morgan fingerprint density at radius 1 is 0.969 bits per heavy atom. The van der Waals surface area contributed by atoms with Gasteiger partial charge in [0, 0.05) is 20.3 Å². The molecule has 0 bridgehead atoms. The van der Waals surface area contributed by atoms with Crippen molar-refractivity contribution in [2.45, 2.75) is 29.5 Å². The summed E-state index contributed by atoms with van der Waals surface area (Å²) in [6.07, 6.45) is 0. The van der Waals surface area contributed by atoms with Crippen molar-refractivity contribution in [2.24, 2.45) is 0 Å². The number of halogens is 1. The first-order valence-corrected chi connectivity index (χ1v) is 13.6. The number of Topliss-reactive ketones (excluding diaryl/α,β-unsaturated/α-hetero) is 1. The molecule has 0 amide bonds. The van der Waals surface area contributed by atoms with Crippen LogP contribution in [0.2, 0.25) is 5.02 Å². The van der Waals surface area contributed by atoms with Gasteiger partial charge in [-0.15, -0.1) is 22.7 Å². The highest BCUT2D eigenvalue weighted by Crippen LogP contribution is 2.42. The molecule has 1 aliphatic heterocycles. The molecule has 1 saturated heterocycles. The average Bonchev–Trinajstić information content (AvgIpc) is 3.47. The highest BCUT2D eigenvalue weighted by Gasteiger charge is 2.56. The lowest BCUT2D eigenvalue weighted by molar-refractivity contribution is -0.143. The molecule has 168 valence electrons. The van der Waals surface area contributed by atoms with Gasteiger partial charge in [0.25, 0.3) is 0 Å². The highest BCUT2D eigenvalue weighted by molar-refractivity contribution is 7.94.